The average molecular weight is 324 g/mol. The molecule has 3 aromatic rings. The molecule has 0 radical (unpaired) electrons. The molecule has 0 fully saturated rings. The summed E-state index contributed by atoms with van der Waals surface area (Å²) in [6, 6.07) is 13.2. The van der Waals surface area contributed by atoms with Crippen molar-refractivity contribution in [3.8, 4) is 5.75 Å². The maximum Gasteiger partial charge on any atom is 0.248 e. The predicted octanol–water partition coefficient (Wildman–Crippen LogP) is 4.27. The van der Waals surface area contributed by atoms with E-state index in [1.165, 1.54) is 6.08 Å². The number of benzene rings is 2. The van der Waals surface area contributed by atoms with E-state index in [1.54, 1.807) is 24.5 Å². The van der Waals surface area contributed by atoms with Crippen molar-refractivity contribution in [3.05, 3.63) is 59.1 Å². The smallest absolute Gasteiger partial charge is 0.248 e. The van der Waals surface area contributed by atoms with Gasteiger partial charge in [0.25, 0.3) is 0 Å². The summed E-state index contributed by atoms with van der Waals surface area (Å²) < 4.78 is 6.17. The fraction of sp³-hybridized carbons (Fsp3) is 0.111. The zero-order valence-electron chi connectivity index (χ0n) is 12.9. The summed E-state index contributed by atoms with van der Waals surface area (Å²) in [6.07, 6.45) is 3.29. The minimum Gasteiger partial charge on any atom is -0.497 e. The van der Waals surface area contributed by atoms with E-state index < -0.39 is 0 Å². The largest absolute Gasteiger partial charge is 0.497 e. The molecule has 23 heavy (non-hydrogen) atoms. The van der Waals surface area contributed by atoms with Crippen molar-refractivity contribution < 1.29 is 9.53 Å². The van der Waals surface area contributed by atoms with Crippen molar-refractivity contribution in [1.82, 2.24) is 4.98 Å². The number of nitrogens with zero attached hydrogens (tertiary/aromatic N) is 1. The van der Waals surface area contributed by atoms with Gasteiger partial charge in [-0.2, -0.15) is 0 Å². The fourth-order valence-corrected chi connectivity index (χ4v) is 3.05. The van der Waals surface area contributed by atoms with Crippen molar-refractivity contribution in [2.75, 3.05) is 12.4 Å². The van der Waals surface area contributed by atoms with Crippen molar-refractivity contribution in [1.29, 1.82) is 0 Å². The number of aryl methyl sites for hydroxylation is 1. The van der Waals surface area contributed by atoms with Crippen LogP contribution < -0.4 is 10.1 Å². The van der Waals surface area contributed by atoms with Gasteiger partial charge in [-0.15, -0.1) is 11.3 Å². The number of amides is 1. The molecule has 0 aliphatic rings. The van der Waals surface area contributed by atoms with Crippen LogP contribution in [0.25, 0.3) is 16.3 Å². The number of carbonyl (C=O) groups is 1. The molecular formula is C18H16N2O2S. The van der Waals surface area contributed by atoms with Gasteiger partial charge in [0.05, 0.1) is 22.3 Å². The Kier molecular flexibility index (Phi) is 4.39. The highest BCUT2D eigenvalue weighted by atomic mass is 32.1. The molecule has 1 amide bonds. The highest BCUT2D eigenvalue weighted by Crippen LogP contribution is 2.24. The molecule has 1 aromatic heterocycles. The number of ether oxygens (including phenoxy) is 1. The Balaban J connectivity index is 1.68. The van der Waals surface area contributed by atoms with Crippen LogP contribution >= 0.6 is 11.3 Å². The molecule has 4 nitrogen and oxygen atoms in total. The van der Waals surface area contributed by atoms with Crippen molar-refractivity contribution in [3.63, 3.8) is 0 Å². The first-order valence-electron chi connectivity index (χ1n) is 7.14. The van der Waals surface area contributed by atoms with E-state index in [2.05, 4.69) is 10.3 Å². The average Bonchev–Trinajstić information content (AvgIpc) is 2.92. The predicted molar refractivity (Wildman–Crippen MR) is 95.0 cm³/mol. The number of rotatable bonds is 4. The van der Waals surface area contributed by atoms with Crippen molar-refractivity contribution in [2.24, 2.45) is 0 Å². The van der Waals surface area contributed by atoms with Gasteiger partial charge in [-0.25, -0.2) is 4.98 Å². The lowest BCUT2D eigenvalue weighted by atomic mass is 10.2. The normalized spacial score (nSPS) is 11.0. The molecule has 0 aliphatic heterocycles. The SMILES string of the molecule is COc1ccc(C=CC(=O)Nc2ccc3nc(C)sc3c2)cc1. The third-order valence-corrected chi connectivity index (χ3v) is 4.24. The molecule has 0 bridgehead atoms. The van der Waals surface area contributed by atoms with Crippen molar-refractivity contribution in [2.45, 2.75) is 6.92 Å². The summed E-state index contributed by atoms with van der Waals surface area (Å²) in [6.45, 7) is 1.97. The molecule has 0 saturated carbocycles. The van der Waals surface area contributed by atoms with Gasteiger partial charge in [0.15, 0.2) is 0 Å². The minimum absolute atomic E-state index is 0.165. The van der Waals surface area contributed by atoms with E-state index in [0.29, 0.717) is 0 Å². The molecule has 0 saturated heterocycles. The quantitative estimate of drug-likeness (QED) is 0.729. The number of aromatic nitrogens is 1. The van der Waals surface area contributed by atoms with Crippen LogP contribution in [0.15, 0.2) is 48.5 Å². The molecule has 3 rings (SSSR count). The molecular weight excluding hydrogens is 308 g/mol. The van der Waals surface area contributed by atoms with E-state index in [-0.39, 0.29) is 5.91 Å². The Bertz CT molecular complexity index is 866. The van der Waals surface area contributed by atoms with Crippen LogP contribution in [0.1, 0.15) is 10.6 Å². The van der Waals surface area contributed by atoms with E-state index in [9.17, 15) is 4.79 Å². The molecule has 0 aliphatic carbocycles. The monoisotopic (exact) mass is 324 g/mol. The molecule has 5 heteroatoms. The lowest BCUT2D eigenvalue weighted by Crippen LogP contribution is -2.07. The topological polar surface area (TPSA) is 51.2 Å². The van der Waals surface area contributed by atoms with Crippen LogP contribution in [-0.2, 0) is 4.79 Å². The molecule has 1 N–H and O–H groups in total. The van der Waals surface area contributed by atoms with Crippen LogP contribution in [-0.4, -0.2) is 18.0 Å². The zero-order chi connectivity index (χ0) is 16.2. The third-order valence-electron chi connectivity index (χ3n) is 3.31. The number of thiazole rings is 1. The lowest BCUT2D eigenvalue weighted by Gasteiger charge is -2.02. The molecule has 2 aromatic carbocycles. The summed E-state index contributed by atoms with van der Waals surface area (Å²) >= 11 is 1.61. The lowest BCUT2D eigenvalue weighted by molar-refractivity contribution is -0.111. The fourth-order valence-electron chi connectivity index (χ4n) is 2.19. The summed E-state index contributed by atoms with van der Waals surface area (Å²) in [5.74, 6) is 0.626. The first-order chi connectivity index (χ1) is 11.1. The molecule has 0 spiro atoms. The number of carbonyl (C=O) groups excluding carboxylic acids is 1. The number of methoxy groups -OCH3 is 1. The first kappa shape index (κ1) is 15.2. The Hall–Kier alpha value is -2.66. The van der Waals surface area contributed by atoms with Gasteiger partial charge >= 0.3 is 0 Å². The summed E-state index contributed by atoms with van der Waals surface area (Å²) in [7, 11) is 1.62. The number of nitrogens with one attached hydrogen (secondary N) is 1. The Morgan fingerprint density at radius 3 is 2.74 bits per heavy atom. The summed E-state index contributed by atoms with van der Waals surface area (Å²) in [4.78, 5) is 16.4. The van der Waals surface area contributed by atoms with Gasteiger partial charge in [0.1, 0.15) is 5.75 Å². The maximum absolute atomic E-state index is 12.0. The van der Waals surface area contributed by atoms with Gasteiger partial charge in [-0.1, -0.05) is 12.1 Å². The Morgan fingerprint density at radius 1 is 1.22 bits per heavy atom. The van der Waals surface area contributed by atoms with Gasteiger partial charge in [0, 0.05) is 11.8 Å². The molecule has 1 heterocycles. The number of hydrogen-bond acceptors (Lipinski definition) is 4. The maximum atomic E-state index is 12.0. The van der Waals surface area contributed by atoms with Crippen LogP contribution in [0.2, 0.25) is 0 Å². The van der Waals surface area contributed by atoms with E-state index in [1.807, 2.05) is 49.4 Å². The Labute approximate surface area is 138 Å². The van der Waals surface area contributed by atoms with Crippen LogP contribution in [0.3, 0.4) is 0 Å². The van der Waals surface area contributed by atoms with E-state index in [0.717, 1.165) is 32.2 Å². The number of anilines is 1. The minimum atomic E-state index is -0.165. The van der Waals surface area contributed by atoms with Gasteiger partial charge < -0.3 is 10.1 Å². The Morgan fingerprint density at radius 2 is 2.00 bits per heavy atom. The second-order valence-corrected chi connectivity index (χ2v) is 6.25. The third kappa shape index (κ3) is 3.76. The number of fused-ring (bicyclic) bond motifs is 1. The first-order valence-corrected chi connectivity index (χ1v) is 7.96. The van der Waals surface area contributed by atoms with Gasteiger partial charge in [0.2, 0.25) is 5.91 Å². The zero-order valence-corrected chi connectivity index (χ0v) is 13.7. The van der Waals surface area contributed by atoms with E-state index >= 15 is 0 Å². The van der Waals surface area contributed by atoms with Crippen LogP contribution in [0.4, 0.5) is 5.69 Å². The molecule has 116 valence electrons. The van der Waals surface area contributed by atoms with Gasteiger partial charge in [-0.3, -0.25) is 4.79 Å². The van der Waals surface area contributed by atoms with Crippen LogP contribution in [0.5, 0.6) is 5.75 Å². The van der Waals surface area contributed by atoms with Crippen molar-refractivity contribution >= 4 is 39.2 Å². The highest BCUT2D eigenvalue weighted by molar-refractivity contribution is 7.18. The van der Waals surface area contributed by atoms with Crippen LogP contribution in [0, 0.1) is 6.92 Å². The van der Waals surface area contributed by atoms with Gasteiger partial charge in [-0.05, 0) is 48.9 Å². The summed E-state index contributed by atoms with van der Waals surface area (Å²) in [5, 5.41) is 3.88. The second kappa shape index (κ2) is 6.62. The van der Waals surface area contributed by atoms with E-state index in [4.69, 9.17) is 4.74 Å². The highest BCUT2D eigenvalue weighted by Gasteiger charge is 2.03. The summed E-state index contributed by atoms with van der Waals surface area (Å²) in [5.41, 5.74) is 2.67. The second-order valence-electron chi connectivity index (χ2n) is 5.01. The number of hydrogen-bond donors (Lipinski definition) is 1. The molecule has 0 unspecified atom stereocenters. The molecule has 0 atom stereocenters. The standard InChI is InChI=1S/C18H16N2O2S/c1-12-19-16-9-6-14(11-17(16)23-12)20-18(21)10-5-13-3-7-15(22-2)8-4-13/h3-11H,1-2H3,(H,20,21).